The predicted octanol–water partition coefficient (Wildman–Crippen LogP) is 3.35. The summed E-state index contributed by atoms with van der Waals surface area (Å²) >= 11 is 5.92. The minimum atomic E-state index is -1.18. The maximum atomic E-state index is 14.5. The van der Waals surface area contributed by atoms with Crippen LogP contribution < -0.4 is 5.32 Å². The van der Waals surface area contributed by atoms with Crippen molar-refractivity contribution in [3.63, 3.8) is 0 Å². The number of halogens is 2. The van der Waals surface area contributed by atoms with Crippen LogP contribution in [-0.2, 0) is 5.60 Å². The number of nitrogens with zero attached hydrogens (tertiary/aromatic N) is 2. The number of hydrogen-bond acceptors (Lipinski definition) is 5. The highest BCUT2D eigenvalue weighted by molar-refractivity contribution is 6.29. The van der Waals surface area contributed by atoms with Crippen molar-refractivity contribution in [2.24, 2.45) is 0 Å². The van der Waals surface area contributed by atoms with E-state index in [1.165, 1.54) is 18.5 Å². The molecular weight excluding hydrogens is 333 g/mol. The minimum absolute atomic E-state index is 0.117. The number of aromatic nitrogens is 2. The molecule has 0 saturated carbocycles. The second-order valence-corrected chi connectivity index (χ2v) is 6.62. The Balaban J connectivity index is 2.37. The van der Waals surface area contributed by atoms with Gasteiger partial charge in [0, 0.05) is 35.8 Å². The lowest BCUT2D eigenvalue weighted by molar-refractivity contribution is 0.0778. The minimum Gasteiger partial charge on any atom is -0.393 e. The number of rotatable bonds is 6. The number of aliphatic hydroxyl groups excluding tert-OH is 1. The molecule has 0 aliphatic carbocycles. The van der Waals surface area contributed by atoms with Gasteiger partial charge in [0.05, 0.1) is 11.7 Å². The monoisotopic (exact) mass is 353 g/mol. The molecule has 0 spiro atoms. The van der Waals surface area contributed by atoms with Crippen molar-refractivity contribution >= 4 is 17.3 Å². The molecule has 0 aliphatic rings. The van der Waals surface area contributed by atoms with E-state index >= 15 is 0 Å². The maximum absolute atomic E-state index is 14.5. The highest BCUT2D eigenvalue weighted by atomic mass is 35.5. The van der Waals surface area contributed by atoms with Gasteiger partial charge in [-0.2, -0.15) is 0 Å². The average molecular weight is 354 g/mol. The molecule has 0 radical (unpaired) electrons. The Morgan fingerprint density at radius 1 is 1.29 bits per heavy atom. The van der Waals surface area contributed by atoms with Gasteiger partial charge in [0.2, 0.25) is 0 Å². The van der Waals surface area contributed by atoms with Gasteiger partial charge < -0.3 is 15.5 Å². The Hall–Kier alpha value is -1.76. The number of nitrogens with one attached hydrogen (secondary N) is 1. The Bertz CT molecular complexity index is 717. The lowest BCUT2D eigenvalue weighted by Gasteiger charge is -2.18. The fourth-order valence-corrected chi connectivity index (χ4v) is 2.31. The van der Waals surface area contributed by atoms with E-state index in [1.54, 1.807) is 26.8 Å². The molecule has 0 amide bonds. The molecule has 2 rings (SSSR count). The molecule has 2 heterocycles. The van der Waals surface area contributed by atoms with Gasteiger partial charge in [-0.15, -0.1) is 0 Å². The van der Waals surface area contributed by atoms with Gasteiger partial charge in [0.1, 0.15) is 16.7 Å². The topological polar surface area (TPSA) is 78.3 Å². The van der Waals surface area contributed by atoms with Gasteiger partial charge in [0.25, 0.3) is 0 Å². The molecule has 0 unspecified atom stereocenters. The van der Waals surface area contributed by atoms with Crippen molar-refractivity contribution in [1.82, 2.24) is 9.97 Å². The molecule has 3 N–H and O–H groups in total. The normalized spacial score (nSPS) is 13.0. The van der Waals surface area contributed by atoms with Crippen molar-refractivity contribution in [3.05, 3.63) is 41.1 Å². The average Bonchev–Trinajstić information content (AvgIpc) is 2.46. The molecule has 2 aromatic rings. The first-order valence-corrected chi connectivity index (χ1v) is 8.02. The van der Waals surface area contributed by atoms with Crippen LogP contribution in [0, 0.1) is 5.82 Å². The third kappa shape index (κ3) is 4.63. The molecule has 0 saturated heterocycles. The van der Waals surface area contributed by atoms with Crippen molar-refractivity contribution in [2.75, 3.05) is 11.9 Å². The summed E-state index contributed by atoms with van der Waals surface area (Å²) in [6.45, 7) is 5.32. The smallest absolute Gasteiger partial charge is 0.149 e. The van der Waals surface area contributed by atoms with E-state index in [2.05, 4.69) is 15.3 Å². The summed E-state index contributed by atoms with van der Waals surface area (Å²) in [5.41, 5.74) is 0.368. The highest BCUT2D eigenvalue weighted by Crippen LogP contribution is 2.31. The van der Waals surface area contributed by atoms with E-state index in [1.807, 2.05) is 0 Å². The molecule has 0 aromatic carbocycles. The summed E-state index contributed by atoms with van der Waals surface area (Å²) in [4.78, 5) is 8.13. The van der Waals surface area contributed by atoms with Crippen molar-refractivity contribution < 1.29 is 14.6 Å². The fraction of sp³-hybridized carbons (Fsp3) is 0.412. The quantitative estimate of drug-likeness (QED) is 0.694. The second-order valence-electron chi connectivity index (χ2n) is 6.23. The van der Waals surface area contributed by atoms with Gasteiger partial charge >= 0.3 is 0 Å². The maximum Gasteiger partial charge on any atom is 0.149 e. The van der Waals surface area contributed by atoms with Gasteiger partial charge in [-0.05, 0) is 39.3 Å². The number of anilines is 1. The molecule has 130 valence electrons. The van der Waals surface area contributed by atoms with Gasteiger partial charge in [-0.3, -0.25) is 4.98 Å². The van der Waals surface area contributed by atoms with Crippen molar-refractivity contribution in [3.8, 4) is 11.3 Å². The van der Waals surface area contributed by atoms with E-state index in [4.69, 9.17) is 11.6 Å². The summed E-state index contributed by atoms with van der Waals surface area (Å²) < 4.78 is 14.5. The summed E-state index contributed by atoms with van der Waals surface area (Å²) in [6, 6.07) is 2.85. The van der Waals surface area contributed by atoms with E-state index < -0.39 is 17.5 Å². The SMILES string of the molecule is C[C@H](O)CCNc1cc(Cl)ncc1-c1ncc(C(C)(C)O)cc1F. The summed E-state index contributed by atoms with van der Waals surface area (Å²) in [6.07, 6.45) is 2.97. The molecule has 1 atom stereocenters. The van der Waals surface area contributed by atoms with E-state index in [-0.39, 0.29) is 10.8 Å². The van der Waals surface area contributed by atoms with Crippen molar-refractivity contribution in [2.45, 2.75) is 38.9 Å². The first-order valence-electron chi connectivity index (χ1n) is 7.64. The second kappa shape index (κ2) is 7.42. The van der Waals surface area contributed by atoms with Gasteiger partial charge in [-0.1, -0.05) is 11.6 Å². The van der Waals surface area contributed by atoms with Crippen LogP contribution in [0.15, 0.2) is 24.5 Å². The van der Waals surface area contributed by atoms with Crippen molar-refractivity contribution in [1.29, 1.82) is 0 Å². The molecule has 0 bridgehead atoms. The van der Waals surface area contributed by atoms with Crippen LogP contribution in [0.4, 0.5) is 10.1 Å². The first-order chi connectivity index (χ1) is 11.2. The summed E-state index contributed by atoms with van der Waals surface area (Å²) in [7, 11) is 0. The third-order valence-corrected chi connectivity index (χ3v) is 3.76. The molecule has 5 nitrogen and oxygen atoms in total. The zero-order valence-corrected chi connectivity index (χ0v) is 14.6. The van der Waals surface area contributed by atoms with Crippen LogP contribution >= 0.6 is 11.6 Å². The van der Waals surface area contributed by atoms with Crippen LogP contribution in [0.25, 0.3) is 11.3 Å². The standard InChI is InChI=1S/C17H21ClFN3O2/c1-10(23)4-5-20-14-7-15(18)21-9-12(14)16-13(19)6-11(8-22-16)17(2,3)24/h6-10,23-24H,4-5H2,1-3H3,(H,20,21)/t10-/m0/s1. The Labute approximate surface area is 145 Å². The highest BCUT2D eigenvalue weighted by Gasteiger charge is 2.20. The van der Waals surface area contributed by atoms with Crippen LogP contribution in [0.3, 0.4) is 0 Å². The van der Waals surface area contributed by atoms with Crippen LogP contribution in [0.5, 0.6) is 0 Å². The molecule has 0 fully saturated rings. The van der Waals surface area contributed by atoms with E-state index in [9.17, 15) is 14.6 Å². The molecule has 24 heavy (non-hydrogen) atoms. The molecule has 2 aromatic heterocycles. The number of hydrogen-bond donors (Lipinski definition) is 3. The van der Waals surface area contributed by atoms with Gasteiger partial charge in [0.15, 0.2) is 0 Å². The van der Waals surface area contributed by atoms with Crippen LogP contribution in [-0.4, -0.2) is 32.8 Å². The Kier molecular flexibility index (Phi) is 5.74. The molecular formula is C17H21ClFN3O2. The van der Waals surface area contributed by atoms with Crippen LogP contribution in [0.2, 0.25) is 5.15 Å². The zero-order valence-electron chi connectivity index (χ0n) is 13.8. The van der Waals surface area contributed by atoms with E-state index in [0.717, 1.165) is 0 Å². The number of aliphatic hydroxyl groups is 2. The summed E-state index contributed by atoms with van der Waals surface area (Å²) in [5.74, 6) is -0.558. The zero-order chi connectivity index (χ0) is 17.9. The largest absolute Gasteiger partial charge is 0.393 e. The lowest BCUT2D eigenvalue weighted by atomic mass is 9.99. The predicted molar refractivity (Wildman–Crippen MR) is 92.5 cm³/mol. The lowest BCUT2D eigenvalue weighted by Crippen LogP contribution is -2.16. The third-order valence-electron chi connectivity index (χ3n) is 3.55. The molecule has 7 heteroatoms. The van der Waals surface area contributed by atoms with Crippen LogP contribution in [0.1, 0.15) is 32.8 Å². The van der Waals surface area contributed by atoms with Gasteiger partial charge in [-0.25, -0.2) is 9.37 Å². The fourth-order valence-electron chi connectivity index (χ4n) is 2.15. The first kappa shape index (κ1) is 18.6. The summed E-state index contributed by atoms with van der Waals surface area (Å²) in [5, 5.41) is 22.7. The molecule has 0 aliphatic heterocycles. The Morgan fingerprint density at radius 2 is 2.00 bits per heavy atom. The number of pyridine rings is 2. The Morgan fingerprint density at radius 3 is 2.58 bits per heavy atom. The van der Waals surface area contributed by atoms with E-state index in [0.29, 0.717) is 29.8 Å².